The maximum Gasteiger partial charge on any atom is 0.256 e. The number of methoxy groups -OCH3 is 1. The van der Waals surface area contributed by atoms with Gasteiger partial charge in [0, 0.05) is 11.1 Å². The summed E-state index contributed by atoms with van der Waals surface area (Å²) >= 11 is 6.32. The Hall–Kier alpha value is -2.26. The Balaban J connectivity index is 2.20. The molecule has 2 aromatic carbocycles. The van der Waals surface area contributed by atoms with Gasteiger partial charge in [-0.1, -0.05) is 39.3 Å². The molecule has 2 aromatic rings. The van der Waals surface area contributed by atoms with Crippen molar-refractivity contribution in [2.24, 2.45) is 0 Å². The zero-order chi connectivity index (χ0) is 19.9. The third kappa shape index (κ3) is 3.61. The van der Waals surface area contributed by atoms with Gasteiger partial charge in [-0.15, -0.1) is 0 Å². The average Bonchev–Trinajstić information content (AvgIpc) is 2.90. The molecule has 0 bridgehead atoms. The summed E-state index contributed by atoms with van der Waals surface area (Å²) in [7, 11) is 1.72. The highest BCUT2D eigenvalue weighted by Gasteiger charge is 2.27. The second-order valence-corrected chi connectivity index (χ2v) is 8.13. The van der Waals surface area contributed by atoms with Gasteiger partial charge in [-0.2, -0.15) is 0 Å². The summed E-state index contributed by atoms with van der Waals surface area (Å²) < 4.78 is 5.72. The number of nitrogens with one attached hydrogen (secondary N) is 1. The number of hydrogen-bond acceptors (Lipinski definition) is 2. The quantitative estimate of drug-likeness (QED) is 0.620. The average molecular weight is 384 g/mol. The van der Waals surface area contributed by atoms with E-state index in [9.17, 15) is 4.79 Å². The number of anilines is 1. The molecule has 0 atom stereocenters. The second kappa shape index (κ2) is 7.40. The number of halogens is 1. The summed E-state index contributed by atoms with van der Waals surface area (Å²) in [4.78, 5) is 12.6. The van der Waals surface area contributed by atoms with Crippen LogP contribution in [0.15, 0.2) is 24.3 Å². The Bertz CT molecular complexity index is 913. The number of hydrogen-bond donors (Lipinski definition) is 1. The van der Waals surface area contributed by atoms with Gasteiger partial charge in [0.25, 0.3) is 5.91 Å². The van der Waals surface area contributed by atoms with Crippen LogP contribution in [0.3, 0.4) is 0 Å². The minimum Gasteiger partial charge on any atom is -0.496 e. The number of rotatable bonds is 4. The summed E-state index contributed by atoms with van der Waals surface area (Å²) in [6, 6.07) is 8.10. The first-order valence-electron chi connectivity index (χ1n) is 9.28. The molecule has 0 saturated carbocycles. The number of amides is 1. The van der Waals surface area contributed by atoms with Crippen molar-refractivity contribution >= 4 is 34.8 Å². The van der Waals surface area contributed by atoms with E-state index < -0.39 is 0 Å². The minimum atomic E-state index is -0.120. The Morgan fingerprint density at radius 2 is 1.63 bits per heavy atom. The molecule has 1 amide bonds. The predicted molar refractivity (Wildman–Crippen MR) is 114 cm³/mol. The molecule has 0 aliphatic carbocycles. The molecule has 0 saturated heterocycles. The van der Waals surface area contributed by atoms with Crippen LogP contribution >= 0.6 is 11.6 Å². The van der Waals surface area contributed by atoms with Crippen LogP contribution in [-0.2, 0) is 4.79 Å². The maximum atomic E-state index is 12.6. The molecular formula is C23H26ClNO2. The molecule has 3 nitrogen and oxygen atoms in total. The SMILES string of the molecule is COc1c(C(C)C)cc(/C=C2\C(=O)Nc3c(Cl)cc(C)cc32)cc1C(C)C. The molecule has 0 fully saturated rings. The van der Waals surface area contributed by atoms with Crippen LogP contribution in [0.1, 0.15) is 67.3 Å². The lowest BCUT2D eigenvalue weighted by Crippen LogP contribution is -2.04. The van der Waals surface area contributed by atoms with Crippen molar-refractivity contribution in [3.8, 4) is 5.75 Å². The van der Waals surface area contributed by atoms with E-state index in [-0.39, 0.29) is 5.91 Å². The van der Waals surface area contributed by atoms with Crippen LogP contribution in [0.5, 0.6) is 5.75 Å². The monoisotopic (exact) mass is 383 g/mol. The van der Waals surface area contributed by atoms with Crippen LogP contribution < -0.4 is 10.1 Å². The smallest absolute Gasteiger partial charge is 0.256 e. The first kappa shape index (κ1) is 19.5. The number of ether oxygens (including phenoxy) is 1. The molecule has 1 heterocycles. The zero-order valence-electron chi connectivity index (χ0n) is 16.7. The minimum absolute atomic E-state index is 0.120. The van der Waals surface area contributed by atoms with Gasteiger partial charge in [-0.3, -0.25) is 4.79 Å². The van der Waals surface area contributed by atoms with E-state index in [0.717, 1.165) is 33.6 Å². The predicted octanol–water partition coefficient (Wildman–Crippen LogP) is 6.40. The summed E-state index contributed by atoms with van der Waals surface area (Å²) in [5.41, 5.74) is 6.52. The molecule has 27 heavy (non-hydrogen) atoms. The van der Waals surface area contributed by atoms with E-state index in [4.69, 9.17) is 16.3 Å². The fourth-order valence-corrected chi connectivity index (χ4v) is 3.89. The molecule has 0 aromatic heterocycles. The highest BCUT2D eigenvalue weighted by molar-refractivity contribution is 6.41. The van der Waals surface area contributed by atoms with Gasteiger partial charge in [0.2, 0.25) is 0 Å². The Morgan fingerprint density at radius 3 is 2.15 bits per heavy atom. The zero-order valence-corrected chi connectivity index (χ0v) is 17.5. The molecule has 4 heteroatoms. The normalized spacial score (nSPS) is 14.9. The van der Waals surface area contributed by atoms with Crippen molar-refractivity contribution in [1.29, 1.82) is 0 Å². The lowest BCUT2D eigenvalue weighted by atomic mass is 9.90. The largest absolute Gasteiger partial charge is 0.496 e. The molecule has 142 valence electrons. The third-order valence-corrected chi connectivity index (χ3v) is 5.23. The summed E-state index contributed by atoms with van der Waals surface area (Å²) in [6.45, 7) is 10.6. The van der Waals surface area contributed by atoms with Crippen molar-refractivity contribution in [2.75, 3.05) is 12.4 Å². The Labute approximate surface area is 166 Å². The Kier molecular flexibility index (Phi) is 5.34. The van der Waals surface area contributed by atoms with Crippen LogP contribution in [-0.4, -0.2) is 13.0 Å². The second-order valence-electron chi connectivity index (χ2n) is 7.72. The van der Waals surface area contributed by atoms with Gasteiger partial charge >= 0.3 is 0 Å². The van der Waals surface area contributed by atoms with Crippen molar-refractivity contribution in [3.05, 3.63) is 57.1 Å². The van der Waals surface area contributed by atoms with E-state index in [0.29, 0.717) is 28.1 Å². The first-order valence-corrected chi connectivity index (χ1v) is 9.66. The van der Waals surface area contributed by atoms with Gasteiger partial charge in [0.05, 0.1) is 17.8 Å². The number of carbonyl (C=O) groups excluding carboxylic acids is 1. The number of carbonyl (C=O) groups is 1. The molecular weight excluding hydrogens is 358 g/mol. The van der Waals surface area contributed by atoms with Gasteiger partial charge in [-0.05, 0) is 71.4 Å². The van der Waals surface area contributed by atoms with Crippen molar-refractivity contribution in [2.45, 2.75) is 46.5 Å². The fourth-order valence-electron chi connectivity index (χ4n) is 3.57. The van der Waals surface area contributed by atoms with E-state index in [1.807, 2.05) is 25.1 Å². The molecule has 1 N–H and O–H groups in total. The van der Waals surface area contributed by atoms with Gasteiger partial charge in [0.15, 0.2) is 0 Å². The molecule has 1 aliphatic heterocycles. The Morgan fingerprint density at radius 1 is 1.04 bits per heavy atom. The first-order chi connectivity index (χ1) is 12.7. The van der Waals surface area contributed by atoms with Crippen LogP contribution in [0, 0.1) is 6.92 Å². The number of fused-ring (bicyclic) bond motifs is 1. The molecule has 0 spiro atoms. The summed E-state index contributed by atoms with van der Waals surface area (Å²) in [5.74, 6) is 1.46. The highest BCUT2D eigenvalue weighted by Crippen LogP contribution is 2.41. The van der Waals surface area contributed by atoms with Gasteiger partial charge in [0.1, 0.15) is 5.75 Å². The summed E-state index contributed by atoms with van der Waals surface area (Å²) in [5, 5.41) is 3.47. The molecule has 0 radical (unpaired) electrons. The lowest BCUT2D eigenvalue weighted by molar-refractivity contribution is -0.110. The van der Waals surface area contributed by atoms with E-state index in [1.165, 1.54) is 0 Å². The number of benzene rings is 2. The van der Waals surface area contributed by atoms with Crippen LogP contribution in [0.2, 0.25) is 5.02 Å². The van der Waals surface area contributed by atoms with E-state index >= 15 is 0 Å². The molecule has 1 aliphatic rings. The van der Waals surface area contributed by atoms with Gasteiger partial charge < -0.3 is 10.1 Å². The van der Waals surface area contributed by atoms with Crippen molar-refractivity contribution < 1.29 is 9.53 Å². The van der Waals surface area contributed by atoms with Crippen LogP contribution in [0.25, 0.3) is 11.6 Å². The molecule has 3 rings (SSSR count). The van der Waals surface area contributed by atoms with E-state index in [2.05, 4.69) is 45.1 Å². The topological polar surface area (TPSA) is 38.3 Å². The fraction of sp³-hybridized carbons (Fsp3) is 0.348. The van der Waals surface area contributed by atoms with Crippen molar-refractivity contribution in [3.63, 3.8) is 0 Å². The van der Waals surface area contributed by atoms with Crippen LogP contribution in [0.4, 0.5) is 5.69 Å². The van der Waals surface area contributed by atoms with Gasteiger partial charge in [-0.25, -0.2) is 0 Å². The standard InChI is InChI=1S/C23H26ClNO2/c1-12(2)16-9-15(10-17(13(3)4)22(16)27-6)11-19-18-7-14(5)8-20(24)21(18)25-23(19)26/h7-13H,1-6H3,(H,25,26)/b19-11-. The number of aryl methyl sites for hydroxylation is 1. The lowest BCUT2D eigenvalue weighted by Gasteiger charge is -2.19. The van der Waals surface area contributed by atoms with Crippen molar-refractivity contribution in [1.82, 2.24) is 0 Å². The van der Waals surface area contributed by atoms with E-state index in [1.54, 1.807) is 7.11 Å². The molecule has 0 unspecified atom stereocenters. The highest BCUT2D eigenvalue weighted by atomic mass is 35.5. The summed E-state index contributed by atoms with van der Waals surface area (Å²) in [6.07, 6.45) is 1.95. The third-order valence-electron chi connectivity index (χ3n) is 4.94. The maximum absolute atomic E-state index is 12.6.